The van der Waals surface area contributed by atoms with Crippen LogP contribution in [0.5, 0.6) is 0 Å². The Bertz CT molecular complexity index is 633. The van der Waals surface area contributed by atoms with Gasteiger partial charge in [0.2, 0.25) is 5.91 Å². The van der Waals surface area contributed by atoms with Gasteiger partial charge in [0.05, 0.1) is 11.9 Å². The van der Waals surface area contributed by atoms with Crippen LogP contribution in [0.15, 0.2) is 30.3 Å². The van der Waals surface area contributed by atoms with Crippen LogP contribution in [-0.4, -0.2) is 10.9 Å². The standard InChI is InChI=1S/C16H19N3O/c17-19-16(20)10-12-9-15(11-5-1-2-6-11)18-14-8-4-3-7-13(12)14/h3-4,7-9,11H,1-2,5-6,10,17H2,(H,19,20). The van der Waals surface area contributed by atoms with Crippen LogP contribution in [0.1, 0.15) is 42.9 Å². The summed E-state index contributed by atoms with van der Waals surface area (Å²) >= 11 is 0. The third kappa shape index (κ3) is 2.51. The summed E-state index contributed by atoms with van der Waals surface area (Å²) in [6.45, 7) is 0. The van der Waals surface area contributed by atoms with Crippen LogP contribution in [0, 0.1) is 0 Å². The number of para-hydroxylation sites is 1. The molecule has 0 saturated heterocycles. The zero-order valence-corrected chi connectivity index (χ0v) is 11.4. The third-order valence-corrected chi connectivity index (χ3v) is 4.11. The van der Waals surface area contributed by atoms with Gasteiger partial charge in [-0.1, -0.05) is 31.0 Å². The largest absolute Gasteiger partial charge is 0.294 e. The normalized spacial score (nSPS) is 15.7. The van der Waals surface area contributed by atoms with Gasteiger partial charge < -0.3 is 0 Å². The first-order valence-electron chi connectivity index (χ1n) is 7.16. The SMILES string of the molecule is NNC(=O)Cc1cc(C2CCCC2)nc2ccccc12. The summed E-state index contributed by atoms with van der Waals surface area (Å²) in [7, 11) is 0. The average molecular weight is 269 g/mol. The first-order chi connectivity index (χ1) is 9.78. The van der Waals surface area contributed by atoms with Gasteiger partial charge in [0.25, 0.3) is 0 Å². The molecule has 2 aromatic rings. The van der Waals surface area contributed by atoms with Gasteiger partial charge in [-0.2, -0.15) is 0 Å². The first kappa shape index (κ1) is 13.1. The Balaban J connectivity index is 2.06. The molecule has 0 bridgehead atoms. The van der Waals surface area contributed by atoms with E-state index in [9.17, 15) is 4.79 Å². The minimum Gasteiger partial charge on any atom is -0.294 e. The number of carbonyl (C=O) groups excluding carboxylic acids is 1. The Hall–Kier alpha value is -1.94. The maximum Gasteiger partial charge on any atom is 0.238 e. The first-order valence-corrected chi connectivity index (χ1v) is 7.16. The maximum absolute atomic E-state index is 11.6. The Morgan fingerprint density at radius 3 is 2.80 bits per heavy atom. The maximum atomic E-state index is 11.6. The highest BCUT2D eigenvalue weighted by atomic mass is 16.2. The van der Waals surface area contributed by atoms with Gasteiger partial charge in [0, 0.05) is 17.0 Å². The van der Waals surface area contributed by atoms with Crippen molar-refractivity contribution in [3.63, 3.8) is 0 Å². The molecular formula is C16H19N3O. The molecule has 1 fully saturated rings. The van der Waals surface area contributed by atoms with Crippen molar-refractivity contribution in [2.24, 2.45) is 5.84 Å². The molecule has 4 nitrogen and oxygen atoms in total. The summed E-state index contributed by atoms with van der Waals surface area (Å²) < 4.78 is 0. The number of hydrogen-bond donors (Lipinski definition) is 2. The highest BCUT2D eigenvalue weighted by Gasteiger charge is 2.20. The Kier molecular flexibility index (Phi) is 3.65. The van der Waals surface area contributed by atoms with Crippen LogP contribution in [0.3, 0.4) is 0 Å². The summed E-state index contributed by atoms with van der Waals surface area (Å²) in [5, 5.41) is 1.04. The predicted molar refractivity (Wildman–Crippen MR) is 79.0 cm³/mol. The van der Waals surface area contributed by atoms with Gasteiger partial charge >= 0.3 is 0 Å². The number of fused-ring (bicyclic) bond motifs is 1. The van der Waals surface area contributed by atoms with Crippen molar-refractivity contribution in [3.05, 3.63) is 41.6 Å². The zero-order chi connectivity index (χ0) is 13.9. The van der Waals surface area contributed by atoms with Gasteiger partial charge in [0.15, 0.2) is 0 Å². The van der Waals surface area contributed by atoms with E-state index in [1.54, 1.807) is 0 Å². The molecule has 4 heteroatoms. The lowest BCUT2D eigenvalue weighted by Crippen LogP contribution is -2.31. The van der Waals surface area contributed by atoms with E-state index in [0.29, 0.717) is 12.3 Å². The van der Waals surface area contributed by atoms with Gasteiger partial charge in [0.1, 0.15) is 0 Å². The molecule has 0 atom stereocenters. The van der Waals surface area contributed by atoms with Gasteiger partial charge in [-0.15, -0.1) is 0 Å². The summed E-state index contributed by atoms with van der Waals surface area (Å²) in [5.74, 6) is 5.58. The lowest BCUT2D eigenvalue weighted by atomic mass is 9.97. The molecule has 104 valence electrons. The molecule has 1 heterocycles. The molecule has 3 rings (SSSR count). The molecule has 1 aliphatic carbocycles. The molecule has 0 spiro atoms. The Labute approximate surface area is 118 Å². The lowest BCUT2D eigenvalue weighted by Gasteiger charge is -2.13. The predicted octanol–water partition coefficient (Wildman–Crippen LogP) is 2.42. The molecule has 1 saturated carbocycles. The number of benzene rings is 1. The van der Waals surface area contributed by atoms with E-state index in [-0.39, 0.29) is 5.91 Å². The second-order valence-corrected chi connectivity index (χ2v) is 5.45. The van der Waals surface area contributed by atoms with Crippen LogP contribution < -0.4 is 11.3 Å². The highest BCUT2D eigenvalue weighted by molar-refractivity contribution is 5.88. The molecule has 3 N–H and O–H groups in total. The van der Waals surface area contributed by atoms with Crippen molar-refractivity contribution in [2.75, 3.05) is 0 Å². The number of rotatable bonds is 3. The topological polar surface area (TPSA) is 68.0 Å². The van der Waals surface area contributed by atoms with Crippen molar-refractivity contribution in [1.82, 2.24) is 10.4 Å². The van der Waals surface area contributed by atoms with Crippen molar-refractivity contribution in [1.29, 1.82) is 0 Å². The van der Waals surface area contributed by atoms with Gasteiger partial charge in [-0.05, 0) is 30.5 Å². The quantitative estimate of drug-likeness (QED) is 0.511. The summed E-state index contributed by atoms with van der Waals surface area (Å²) in [5.41, 5.74) is 5.32. The zero-order valence-electron chi connectivity index (χ0n) is 11.4. The van der Waals surface area contributed by atoms with Crippen LogP contribution >= 0.6 is 0 Å². The van der Waals surface area contributed by atoms with E-state index in [2.05, 4.69) is 11.5 Å². The fraction of sp³-hybridized carbons (Fsp3) is 0.375. The van der Waals surface area contributed by atoms with E-state index in [1.807, 2.05) is 24.3 Å². The second kappa shape index (κ2) is 5.59. The van der Waals surface area contributed by atoms with Gasteiger partial charge in [-0.25, -0.2) is 5.84 Å². The Morgan fingerprint density at radius 2 is 2.05 bits per heavy atom. The molecule has 0 aliphatic heterocycles. The molecule has 20 heavy (non-hydrogen) atoms. The second-order valence-electron chi connectivity index (χ2n) is 5.45. The monoisotopic (exact) mass is 269 g/mol. The van der Waals surface area contributed by atoms with Crippen LogP contribution in [-0.2, 0) is 11.2 Å². The summed E-state index contributed by atoms with van der Waals surface area (Å²) in [4.78, 5) is 16.4. The van der Waals surface area contributed by atoms with E-state index >= 15 is 0 Å². The van der Waals surface area contributed by atoms with Crippen LogP contribution in [0.4, 0.5) is 0 Å². The van der Waals surface area contributed by atoms with Crippen molar-refractivity contribution in [2.45, 2.75) is 38.0 Å². The van der Waals surface area contributed by atoms with Gasteiger partial charge in [-0.3, -0.25) is 15.2 Å². The number of aromatic nitrogens is 1. The van der Waals surface area contributed by atoms with E-state index < -0.39 is 0 Å². The summed E-state index contributed by atoms with van der Waals surface area (Å²) in [6, 6.07) is 10.1. The fourth-order valence-corrected chi connectivity index (χ4v) is 3.07. The number of nitrogens with one attached hydrogen (secondary N) is 1. The summed E-state index contributed by atoms with van der Waals surface area (Å²) in [6.07, 6.45) is 5.26. The van der Waals surface area contributed by atoms with Crippen molar-refractivity contribution >= 4 is 16.8 Å². The van der Waals surface area contributed by atoms with Crippen LogP contribution in [0.25, 0.3) is 10.9 Å². The lowest BCUT2D eigenvalue weighted by molar-refractivity contribution is -0.120. The number of carbonyl (C=O) groups is 1. The third-order valence-electron chi connectivity index (χ3n) is 4.11. The fourth-order valence-electron chi connectivity index (χ4n) is 3.07. The number of pyridine rings is 1. The Morgan fingerprint density at radius 1 is 1.30 bits per heavy atom. The number of amides is 1. The van der Waals surface area contributed by atoms with Crippen LogP contribution in [0.2, 0.25) is 0 Å². The minimum absolute atomic E-state index is 0.168. The number of hydrazine groups is 1. The molecule has 0 radical (unpaired) electrons. The smallest absolute Gasteiger partial charge is 0.238 e. The van der Waals surface area contributed by atoms with E-state index in [0.717, 1.165) is 22.2 Å². The number of hydrogen-bond acceptors (Lipinski definition) is 3. The number of nitrogens with zero attached hydrogens (tertiary/aromatic N) is 1. The van der Waals surface area contributed by atoms with E-state index in [4.69, 9.17) is 10.8 Å². The van der Waals surface area contributed by atoms with Crippen molar-refractivity contribution in [3.8, 4) is 0 Å². The molecular weight excluding hydrogens is 250 g/mol. The molecule has 1 aromatic heterocycles. The van der Waals surface area contributed by atoms with E-state index in [1.165, 1.54) is 25.7 Å². The molecule has 1 amide bonds. The molecule has 0 unspecified atom stereocenters. The molecule has 1 aromatic carbocycles. The average Bonchev–Trinajstić information content (AvgIpc) is 3.01. The minimum atomic E-state index is -0.168. The number of nitrogens with two attached hydrogens (primary N) is 1. The van der Waals surface area contributed by atoms with Crippen molar-refractivity contribution < 1.29 is 4.79 Å². The highest BCUT2D eigenvalue weighted by Crippen LogP contribution is 2.34. The molecule has 1 aliphatic rings.